The van der Waals surface area contributed by atoms with Crippen LogP contribution in [0.3, 0.4) is 0 Å². The van der Waals surface area contributed by atoms with Crippen molar-refractivity contribution in [2.75, 3.05) is 5.32 Å². The number of aromatic nitrogens is 1. The van der Waals surface area contributed by atoms with Gasteiger partial charge in [0.05, 0.1) is 13.0 Å². The predicted molar refractivity (Wildman–Crippen MR) is 119 cm³/mol. The zero-order chi connectivity index (χ0) is 22.0. The molecule has 2 heterocycles. The average Bonchev–Trinajstić information content (AvgIpc) is 3.23. The van der Waals surface area contributed by atoms with Crippen LogP contribution >= 0.6 is 0 Å². The summed E-state index contributed by atoms with van der Waals surface area (Å²) >= 11 is 0. The van der Waals surface area contributed by atoms with E-state index in [1.165, 1.54) is 0 Å². The van der Waals surface area contributed by atoms with Gasteiger partial charge in [0, 0.05) is 29.3 Å². The van der Waals surface area contributed by atoms with Gasteiger partial charge in [0.2, 0.25) is 5.91 Å². The number of carbonyl (C=O) groups is 3. The van der Waals surface area contributed by atoms with E-state index in [1.54, 1.807) is 0 Å². The second-order valence-electron chi connectivity index (χ2n) is 8.30. The summed E-state index contributed by atoms with van der Waals surface area (Å²) in [5.41, 5.74) is 2.63. The van der Waals surface area contributed by atoms with Crippen LogP contribution < -0.4 is 10.6 Å². The third kappa shape index (κ3) is 4.60. The highest BCUT2D eigenvalue weighted by Gasteiger charge is 2.38. The fourth-order valence-corrected chi connectivity index (χ4v) is 3.86. The minimum Gasteiger partial charge on any atom is -0.347 e. The Morgan fingerprint density at radius 2 is 1.87 bits per heavy atom. The molecule has 31 heavy (non-hydrogen) atoms. The molecule has 1 aliphatic rings. The van der Waals surface area contributed by atoms with Crippen LogP contribution in [-0.2, 0) is 22.7 Å². The minimum atomic E-state index is -0.855. The van der Waals surface area contributed by atoms with Crippen molar-refractivity contribution in [3.63, 3.8) is 0 Å². The molecule has 0 spiro atoms. The summed E-state index contributed by atoms with van der Waals surface area (Å²) in [6, 6.07) is 15.7. The normalized spacial score (nSPS) is 16.2. The molecular formula is C24H26N4O3. The van der Waals surface area contributed by atoms with Crippen LogP contribution in [0.2, 0.25) is 0 Å². The van der Waals surface area contributed by atoms with Crippen molar-refractivity contribution in [2.45, 2.75) is 39.4 Å². The number of nitrogens with one attached hydrogen (secondary N) is 2. The molecule has 2 N–H and O–H groups in total. The van der Waals surface area contributed by atoms with Crippen LogP contribution in [0.25, 0.3) is 10.9 Å². The van der Waals surface area contributed by atoms with Gasteiger partial charge in [0.1, 0.15) is 6.04 Å². The topological polar surface area (TPSA) is 83.4 Å². The summed E-state index contributed by atoms with van der Waals surface area (Å²) in [4.78, 5) is 38.5. The first kappa shape index (κ1) is 20.7. The van der Waals surface area contributed by atoms with Gasteiger partial charge >= 0.3 is 6.03 Å². The summed E-state index contributed by atoms with van der Waals surface area (Å²) in [5, 5.41) is 6.50. The largest absolute Gasteiger partial charge is 0.347 e. The van der Waals surface area contributed by atoms with Crippen LogP contribution in [0.15, 0.2) is 60.8 Å². The average molecular weight is 418 g/mol. The second-order valence-corrected chi connectivity index (χ2v) is 8.30. The highest BCUT2D eigenvalue weighted by Crippen LogP contribution is 2.22. The number of fused-ring (bicyclic) bond motifs is 1. The van der Waals surface area contributed by atoms with E-state index in [2.05, 4.69) is 29.0 Å². The Kier molecular flexibility index (Phi) is 5.75. The van der Waals surface area contributed by atoms with Crippen molar-refractivity contribution in [2.24, 2.45) is 5.92 Å². The predicted octanol–water partition coefficient (Wildman–Crippen LogP) is 3.75. The van der Waals surface area contributed by atoms with E-state index in [1.807, 2.05) is 60.8 Å². The standard InChI is InChI=1S/C24H26N4O3/c1-16(2)14-27-11-10-18-12-19(8-9-21(18)27)25-22(29)13-20-23(30)28(24(31)26-20)15-17-6-4-3-5-7-17/h3-12,16,20H,13-15H2,1-2H3,(H,25,29)(H,26,31)/t20-/m0/s1. The number of imide groups is 1. The molecule has 1 aromatic heterocycles. The number of rotatable bonds is 7. The highest BCUT2D eigenvalue weighted by atomic mass is 16.2. The Bertz CT molecular complexity index is 1120. The third-order valence-electron chi connectivity index (χ3n) is 5.30. The summed E-state index contributed by atoms with van der Waals surface area (Å²) < 4.78 is 2.19. The van der Waals surface area contributed by atoms with E-state index in [4.69, 9.17) is 0 Å². The second kappa shape index (κ2) is 8.63. The van der Waals surface area contributed by atoms with E-state index in [0.29, 0.717) is 11.6 Å². The summed E-state index contributed by atoms with van der Waals surface area (Å²) in [6.45, 7) is 5.46. The number of urea groups is 1. The maximum Gasteiger partial charge on any atom is 0.325 e. The minimum absolute atomic E-state index is 0.109. The quantitative estimate of drug-likeness (QED) is 0.573. The molecule has 0 radical (unpaired) electrons. The smallest absolute Gasteiger partial charge is 0.325 e. The van der Waals surface area contributed by atoms with E-state index in [0.717, 1.165) is 27.9 Å². The molecule has 0 saturated carbocycles. The first-order valence-electron chi connectivity index (χ1n) is 10.5. The van der Waals surface area contributed by atoms with Gasteiger partial charge in [-0.15, -0.1) is 0 Å². The fourth-order valence-electron chi connectivity index (χ4n) is 3.86. The molecule has 1 aliphatic heterocycles. The lowest BCUT2D eigenvalue weighted by molar-refractivity contribution is -0.130. The van der Waals surface area contributed by atoms with Gasteiger partial charge in [0.25, 0.3) is 5.91 Å². The van der Waals surface area contributed by atoms with Gasteiger partial charge in [0.15, 0.2) is 0 Å². The number of amides is 4. The summed E-state index contributed by atoms with van der Waals surface area (Å²) in [5.74, 6) is -0.165. The van der Waals surface area contributed by atoms with Crippen molar-refractivity contribution in [3.05, 3.63) is 66.4 Å². The van der Waals surface area contributed by atoms with Crippen LogP contribution in [0, 0.1) is 5.92 Å². The van der Waals surface area contributed by atoms with Gasteiger partial charge in [-0.2, -0.15) is 0 Å². The van der Waals surface area contributed by atoms with Crippen molar-refractivity contribution in [1.29, 1.82) is 0 Å². The zero-order valence-electron chi connectivity index (χ0n) is 17.7. The van der Waals surface area contributed by atoms with E-state index >= 15 is 0 Å². The van der Waals surface area contributed by atoms with Crippen LogP contribution in [0.4, 0.5) is 10.5 Å². The molecule has 7 heteroatoms. The first-order valence-corrected chi connectivity index (χ1v) is 10.5. The van der Waals surface area contributed by atoms with Gasteiger partial charge in [-0.25, -0.2) is 4.79 Å². The Morgan fingerprint density at radius 1 is 1.10 bits per heavy atom. The number of hydrogen-bond acceptors (Lipinski definition) is 3. The third-order valence-corrected chi connectivity index (χ3v) is 5.30. The van der Waals surface area contributed by atoms with Gasteiger partial charge < -0.3 is 15.2 Å². The molecule has 1 saturated heterocycles. The molecule has 4 amide bonds. The summed E-state index contributed by atoms with van der Waals surface area (Å²) in [7, 11) is 0. The zero-order valence-corrected chi connectivity index (χ0v) is 17.7. The Balaban J connectivity index is 1.38. The Morgan fingerprint density at radius 3 is 2.61 bits per heavy atom. The molecule has 0 bridgehead atoms. The van der Waals surface area contributed by atoms with Crippen LogP contribution in [-0.4, -0.2) is 33.4 Å². The number of anilines is 1. The lowest BCUT2D eigenvalue weighted by atomic mass is 10.1. The molecule has 1 atom stereocenters. The maximum atomic E-state index is 12.6. The van der Waals surface area contributed by atoms with Crippen molar-refractivity contribution in [1.82, 2.24) is 14.8 Å². The molecule has 0 unspecified atom stereocenters. The van der Waals surface area contributed by atoms with E-state index in [9.17, 15) is 14.4 Å². The van der Waals surface area contributed by atoms with Crippen LogP contribution in [0.5, 0.6) is 0 Å². The van der Waals surface area contributed by atoms with E-state index in [-0.39, 0.29) is 24.8 Å². The Hall–Kier alpha value is -3.61. The number of hydrogen-bond donors (Lipinski definition) is 2. The SMILES string of the molecule is CC(C)Cn1ccc2cc(NC(=O)C[C@@H]3NC(=O)N(Cc4ccccc4)C3=O)ccc21. The molecule has 7 nitrogen and oxygen atoms in total. The summed E-state index contributed by atoms with van der Waals surface area (Å²) in [6.07, 6.45) is 1.94. The monoisotopic (exact) mass is 418 g/mol. The number of nitrogens with zero attached hydrogens (tertiary/aromatic N) is 2. The highest BCUT2D eigenvalue weighted by molar-refractivity contribution is 6.07. The molecule has 1 fully saturated rings. The maximum absolute atomic E-state index is 12.6. The molecule has 160 valence electrons. The number of carbonyl (C=O) groups excluding carboxylic acids is 3. The molecule has 4 rings (SSSR count). The molecular weight excluding hydrogens is 392 g/mol. The molecule has 0 aliphatic carbocycles. The fraction of sp³-hybridized carbons (Fsp3) is 0.292. The van der Waals surface area contributed by atoms with Crippen LogP contribution in [0.1, 0.15) is 25.8 Å². The van der Waals surface area contributed by atoms with Crippen molar-refractivity contribution in [3.8, 4) is 0 Å². The number of benzene rings is 2. The van der Waals surface area contributed by atoms with Gasteiger partial charge in [-0.3, -0.25) is 14.5 Å². The van der Waals surface area contributed by atoms with E-state index < -0.39 is 12.1 Å². The lowest BCUT2D eigenvalue weighted by Crippen LogP contribution is -2.34. The van der Waals surface area contributed by atoms with Crippen molar-refractivity contribution >= 4 is 34.4 Å². The first-order chi connectivity index (χ1) is 14.9. The van der Waals surface area contributed by atoms with Gasteiger partial charge in [-0.1, -0.05) is 44.2 Å². The lowest BCUT2D eigenvalue weighted by Gasteiger charge is -2.13. The molecule has 3 aromatic rings. The van der Waals surface area contributed by atoms with Gasteiger partial charge in [-0.05, 0) is 35.7 Å². The van der Waals surface area contributed by atoms with Crippen molar-refractivity contribution < 1.29 is 14.4 Å². The Labute approximate surface area is 181 Å². The molecule has 2 aromatic carbocycles.